The first kappa shape index (κ1) is 24.5. The summed E-state index contributed by atoms with van der Waals surface area (Å²) in [5.74, 6) is -1.75. The molecule has 0 radical (unpaired) electrons. The molecule has 1 aromatic carbocycles. The number of nitrogens with zero attached hydrogens (tertiary/aromatic N) is 1. The zero-order chi connectivity index (χ0) is 23.8. The molecule has 32 heavy (non-hydrogen) atoms. The summed E-state index contributed by atoms with van der Waals surface area (Å²) in [6.45, 7) is -0.0605. The van der Waals surface area contributed by atoms with Crippen LogP contribution in [0.25, 0.3) is 0 Å². The number of ketones is 1. The highest BCUT2D eigenvalue weighted by atomic mass is 79.9. The minimum absolute atomic E-state index is 0.0737. The second-order valence-corrected chi connectivity index (χ2v) is 10.0. The number of sulfone groups is 1. The minimum atomic E-state index is -4.74. The summed E-state index contributed by atoms with van der Waals surface area (Å²) < 4.78 is 73.4. The van der Waals surface area contributed by atoms with Crippen molar-refractivity contribution < 1.29 is 45.5 Å². The molecule has 3 rings (SSSR count). The van der Waals surface area contributed by atoms with Crippen LogP contribution in [0.5, 0.6) is 5.75 Å². The molecule has 2 aliphatic rings. The number of alkyl halides is 3. The normalized spacial score (nSPS) is 19.3. The van der Waals surface area contributed by atoms with E-state index in [1.54, 1.807) is 6.92 Å². The first-order chi connectivity index (χ1) is 14.9. The van der Waals surface area contributed by atoms with Gasteiger partial charge in [0.15, 0.2) is 28.0 Å². The summed E-state index contributed by atoms with van der Waals surface area (Å²) in [5.41, 5.74) is -0.488. The molecule has 1 aliphatic carbocycles. The molecule has 1 aliphatic heterocycles. The van der Waals surface area contributed by atoms with E-state index in [1.165, 1.54) is 6.07 Å². The van der Waals surface area contributed by atoms with Crippen molar-refractivity contribution in [3.05, 3.63) is 33.6 Å². The molecule has 0 bridgehead atoms. The summed E-state index contributed by atoms with van der Waals surface area (Å²) >= 11 is 2.99. The van der Waals surface area contributed by atoms with Gasteiger partial charge in [-0.25, -0.2) is 8.42 Å². The maximum Gasteiger partial charge on any atom is 0.422 e. The highest BCUT2D eigenvalue weighted by Gasteiger charge is 2.48. The van der Waals surface area contributed by atoms with Crippen molar-refractivity contribution >= 4 is 38.0 Å². The quantitative estimate of drug-likeness (QED) is 0.349. The predicted octanol–water partition coefficient (Wildman–Crippen LogP) is 3.41. The Morgan fingerprint density at radius 2 is 1.97 bits per heavy atom. The molecule has 0 saturated heterocycles. The number of halogens is 4. The average molecular weight is 542 g/mol. The van der Waals surface area contributed by atoms with Crippen LogP contribution in [0.15, 0.2) is 33.0 Å². The van der Waals surface area contributed by atoms with Crippen LogP contribution in [-0.2, 0) is 24.2 Å². The first-order valence-electron chi connectivity index (χ1n) is 9.44. The monoisotopic (exact) mass is 541 g/mol. The molecule has 1 heterocycles. The third-order valence-corrected chi connectivity index (χ3v) is 6.44. The number of hydrogen-bond acceptors (Lipinski definition) is 7. The fourth-order valence-corrected chi connectivity index (χ4v) is 4.92. The average Bonchev–Trinajstić information content (AvgIpc) is 3.47. The Bertz CT molecular complexity index is 1070. The molecule has 8 nitrogen and oxygen atoms in total. The number of benzene rings is 1. The van der Waals surface area contributed by atoms with Crippen molar-refractivity contribution in [2.45, 2.75) is 36.9 Å². The molecule has 1 aromatic rings. The number of rotatable bonds is 9. The Hall–Kier alpha value is -2.12. The van der Waals surface area contributed by atoms with Crippen LogP contribution in [0.2, 0.25) is 0 Å². The lowest BCUT2D eigenvalue weighted by molar-refractivity contribution is -0.176. The van der Waals surface area contributed by atoms with Crippen molar-refractivity contribution in [3.63, 3.8) is 0 Å². The van der Waals surface area contributed by atoms with Gasteiger partial charge in [0.05, 0.1) is 16.7 Å². The fraction of sp³-hybridized carbons (Fsp3) is 0.474. The molecular formula is C19H19BrF3NO7S. The summed E-state index contributed by atoms with van der Waals surface area (Å²) in [6, 6.07) is 2.38. The predicted molar refractivity (Wildman–Crippen MR) is 107 cm³/mol. The molecule has 176 valence electrons. The summed E-state index contributed by atoms with van der Waals surface area (Å²) in [6.07, 6.45) is -3.09. The first-order valence-corrected chi connectivity index (χ1v) is 12.1. The fourth-order valence-electron chi connectivity index (χ4n) is 3.28. The van der Waals surface area contributed by atoms with Gasteiger partial charge in [0.2, 0.25) is 12.3 Å². The van der Waals surface area contributed by atoms with Gasteiger partial charge in [-0.2, -0.15) is 18.2 Å². The van der Waals surface area contributed by atoms with Gasteiger partial charge in [-0.1, -0.05) is 0 Å². The number of amides is 1. The molecule has 1 saturated carbocycles. The van der Waals surface area contributed by atoms with Gasteiger partial charge in [0.1, 0.15) is 11.0 Å². The third-order valence-electron chi connectivity index (χ3n) is 4.67. The van der Waals surface area contributed by atoms with Crippen molar-refractivity contribution in [2.24, 2.45) is 5.92 Å². The smallest absolute Gasteiger partial charge is 0.422 e. The van der Waals surface area contributed by atoms with E-state index in [4.69, 9.17) is 14.3 Å². The van der Waals surface area contributed by atoms with Gasteiger partial charge in [0, 0.05) is 11.8 Å². The van der Waals surface area contributed by atoms with Crippen molar-refractivity contribution in [1.29, 1.82) is 0 Å². The van der Waals surface area contributed by atoms with E-state index in [9.17, 15) is 31.2 Å². The largest absolute Gasteiger partial charge is 0.482 e. The summed E-state index contributed by atoms with van der Waals surface area (Å²) in [5, 5.41) is 0.764. The lowest BCUT2D eigenvalue weighted by atomic mass is 9.96. The van der Waals surface area contributed by atoms with E-state index in [-0.39, 0.29) is 28.5 Å². The van der Waals surface area contributed by atoms with E-state index >= 15 is 0 Å². The number of ether oxygens (including phenoxy) is 2. The summed E-state index contributed by atoms with van der Waals surface area (Å²) in [4.78, 5) is 29.8. The van der Waals surface area contributed by atoms with Crippen LogP contribution >= 0.6 is 15.9 Å². The van der Waals surface area contributed by atoms with Crippen LogP contribution in [-0.4, -0.2) is 57.4 Å². The van der Waals surface area contributed by atoms with Crippen molar-refractivity contribution in [2.75, 3.05) is 19.5 Å². The van der Waals surface area contributed by atoms with Gasteiger partial charge >= 0.3 is 6.18 Å². The second kappa shape index (κ2) is 9.02. The summed E-state index contributed by atoms with van der Waals surface area (Å²) in [7, 11) is -4.23. The maximum absolute atomic E-state index is 13.6. The van der Waals surface area contributed by atoms with Crippen molar-refractivity contribution in [1.82, 2.24) is 5.06 Å². The van der Waals surface area contributed by atoms with Gasteiger partial charge < -0.3 is 9.47 Å². The Labute approximate surface area is 190 Å². The SMILES string of the molecule is CCOC1=C(C(=O)c2ccc(Br)c(OCC(F)(F)F)c2S(C)(=O)=O)C(C2CC2)ON1C=O. The van der Waals surface area contributed by atoms with Crippen LogP contribution in [0.3, 0.4) is 0 Å². The number of hydroxylamine groups is 2. The number of Topliss-reactive ketones (excluding diaryl/α,β-unsaturated/α-hetero) is 1. The Balaban J connectivity index is 2.18. The Morgan fingerprint density at radius 1 is 1.31 bits per heavy atom. The van der Waals surface area contributed by atoms with E-state index in [1.807, 2.05) is 0 Å². The molecule has 13 heteroatoms. The van der Waals surface area contributed by atoms with E-state index in [2.05, 4.69) is 15.9 Å². The zero-order valence-corrected chi connectivity index (χ0v) is 19.3. The maximum atomic E-state index is 13.6. The number of hydrogen-bond donors (Lipinski definition) is 0. The highest BCUT2D eigenvalue weighted by molar-refractivity contribution is 9.10. The molecular weight excluding hydrogens is 523 g/mol. The Morgan fingerprint density at radius 3 is 2.47 bits per heavy atom. The van der Waals surface area contributed by atoms with E-state index < -0.39 is 50.7 Å². The lowest BCUT2D eigenvalue weighted by Gasteiger charge is -2.18. The second-order valence-electron chi connectivity index (χ2n) is 7.20. The molecule has 1 unspecified atom stereocenters. The van der Waals surface area contributed by atoms with Gasteiger partial charge in [-0.05, 0) is 53.7 Å². The van der Waals surface area contributed by atoms with Crippen molar-refractivity contribution in [3.8, 4) is 5.75 Å². The standard InChI is InChI=1S/C19H19BrF3NO7S/c1-3-29-18-13(15(10-4-5-10)31-24(18)9-25)14(26)11-6-7-12(20)16(17(11)32(2,27)28)30-8-19(21,22)23/h6-7,9-10,15H,3-5,8H2,1-2H3. The van der Waals surface area contributed by atoms with Crippen LogP contribution < -0.4 is 4.74 Å². The van der Waals surface area contributed by atoms with Crippen LogP contribution in [0, 0.1) is 5.92 Å². The molecule has 1 atom stereocenters. The minimum Gasteiger partial charge on any atom is -0.482 e. The number of carbonyl (C=O) groups excluding carboxylic acids is 2. The molecule has 0 aromatic heterocycles. The van der Waals surface area contributed by atoms with Gasteiger partial charge in [-0.3, -0.25) is 14.4 Å². The molecule has 0 N–H and O–H groups in total. The van der Waals surface area contributed by atoms with Gasteiger partial charge in [0.25, 0.3) is 0 Å². The Kier molecular flexibility index (Phi) is 6.91. The molecule has 1 amide bonds. The molecule has 1 fully saturated rings. The molecule has 0 spiro atoms. The third kappa shape index (κ3) is 5.09. The van der Waals surface area contributed by atoms with Crippen LogP contribution in [0.1, 0.15) is 30.1 Å². The van der Waals surface area contributed by atoms with E-state index in [0.717, 1.165) is 17.4 Å². The van der Waals surface area contributed by atoms with Gasteiger partial charge in [-0.15, -0.1) is 0 Å². The lowest BCUT2D eigenvalue weighted by Crippen LogP contribution is -2.24. The topological polar surface area (TPSA) is 99.2 Å². The number of carbonyl (C=O) groups is 2. The zero-order valence-electron chi connectivity index (χ0n) is 16.9. The highest BCUT2D eigenvalue weighted by Crippen LogP contribution is 2.45. The van der Waals surface area contributed by atoms with E-state index in [0.29, 0.717) is 19.3 Å². The van der Waals surface area contributed by atoms with Crippen LogP contribution in [0.4, 0.5) is 13.2 Å².